The van der Waals surface area contributed by atoms with Crippen molar-refractivity contribution in [3.05, 3.63) is 63.1 Å². The van der Waals surface area contributed by atoms with Gasteiger partial charge in [-0.1, -0.05) is 45.2 Å². The number of halogens is 2. The van der Waals surface area contributed by atoms with Crippen molar-refractivity contribution in [2.75, 3.05) is 18.0 Å². The molecule has 4 heteroatoms. The van der Waals surface area contributed by atoms with Gasteiger partial charge in [-0.2, -0.15) is 0 Å². The third-order valence-electron chi connectivity index (χ3n) is 3.62. The van der Waals surface area contributed by atoms with Crippen molar-refractivity contribution in [2.24, 2.45) is 5.73 Å². The molecule has 0 aromatic heterocycles. The topological polar surface area (TPSA) is 29.3 Å². The van der Waals surface area contributed by atoms with Crippen molar-refractivity contribution >= 4 is 33.2 Å². The molecule has 2 nitrogen and oxygen atoms in total. The summed E-state index contributed by atoms with van der Waals surface area (Å²) in [5.41, 5.74) is 9.51. The van der Waals surface area contributed by atoms with Crippen LogP contribution in [0.5, 0.6) is 0 Å². The second-order valence-electron chi connectivity index (χ2n) is 5.04. The standard InChI is InChI=1S/C17H20BrClN2/c1-3-21(14-7-4-12(2)5-8-14)17(11-20)15-10-13(18)6-9-16(15)19/h4-10,17H,3,11,20H2,1-2H3. The first kappa shape index (κ1) is 16.3. The molecule has 0 spiro atoms. The van der Waals surface area contributed by atoms with Crippen LogP contribution in [0.1, 0.15) is 24.1 Å². The number of aryl methyl sites for hydroxylation is 1. The zero-order chi connectivity index (χ0) is 15.4. The van der Waals surface area contributed by atoms with Gasteiger partial charge in [0.1, 0.15) is 0 Å². The quantitative estimate of drug-likeness (QED) is 0.811. The van der Waals surface area contributed by atoms with Crippen LogP contribution >= 0.6 is 27.5 Å². The fraction of sp³-hybridized carbons (Fsp3) is 0.294. The van der Waals surface area contributed by atoms with Gasteiger partial charge >= 0.3 is 0 Å². The zero-order valence-corrected chi connectivity index (χ0v) is 14.7. The fourth-order valence-corrected chi connectivity index (χ4v) is 3.13. The summed E-state index contributed by atoms with van der Waals surface area (Å²) in [4.78, 5) is 2.28. The van der Waals surface area contributed by atoms with Crippen LogP contribution in [0.15, 0.2) is 46.9 Å². The lowest BCUT2D eigenvalue weighted by Crippen LogP contribution is -2.33. The van der Waals surface area contributed by atoms with E-state index >= 15 is 0 Å². The minimum absolute atomic E-state index is 0.0581. The van der Waals surface area contributed by atoms with Gasteiger partial charge in [0.25, 0.3) is 0 Å². The summed E-state index contributed by atoms with van der Waals surface area (Å²) in [5.74, 6) is 0. The Labute approximate surface area is 140 Å². The number of hydrogen-bond acceptors (Lipinski definition) is 2. The molecule has 21 heavy (non-hydrogen) atoms. The van der Waals surface area contributed by atoms with E-state index in [1.807, 2.05) is 12.1 Å². The summed E-state index contributed by atoms with van der Waals surface area (Å²) in [6.45, 7) is 5.60. The molecule has 2 aromatic rings. The second-order valence-corrected chi connectivity index (χ2v) is 6.36. The third-order valence-corrected chi connectivity index (χ3v) is 4.46. The summed E-state index contributed by atoms with van der Waals surface area (Å²) >= 11 is 9.89. The summed E-state index contributed by atoms with van der Waals surface area (Å²) in [5, 5.41) is 0.749. The smallest absolute Gasteiger partial charge is 0.0679 e. The molecule has 0 radical (unpaired) electrons. The Hall–Kier alpha value is -1.03. The number of anilines is 1. The van der Waals surface area contributed by atoms with E-state index in [9.17, 15) is 0 Å². The lowest BCUT2D eigenvalue weighted by Gasteiger charge is -2.33. The van der Waals surface area contributed by atoms with Gasteiger partial charge < -0.3 is 10.6 Å². The number of likely N-dealkylation sites (N-methyl/N-ethyl adjacent to an activating group) is 1. The van der Waals surface area contributed by atoms with Crippen LogP contribution in [-0.4, -0.2) is 13.1 Å². The van der Waals surface area contributed by atoms with Crippen LogP contribution in [-0.2, 0) is 0 Å². The summed E-state index contributed by atoms with van der Waals surface area (Å²) in [7, 11) is 0. The highest BCUT2D eigenvalue weighted by Crippen LogP contribution is 2.32. The highest BCUT2D eigenvalue weighted by atomic mass is 79.9. The van der Waals surface area contributed by atoms with Gasteiger partial charge in [-0.3, -0.25) is 0 Å². The molecule has 0 aliphatic heterocycles. The third kappa shape index (κ3) is 3.79. The van der Waals surface area contributed by atoms with Crippen LogP contribution in [0.2, 0.25) is 5.02 Å². The zero-order valence-electron chi connectivity index (χ0n) is 12.3. The van der Waals surface area contributed by atoms with E-state index in [4.69, 9.17) is 17.3 Å². The Morgan fingerprint density at radius 3 is 2.43 bits per heavy atom. The molecule has 0 aliphatic carbocycles. The highest BCUT2D eigenvalue weighted by molar-refractivity contribution is 9.10. The molecule has 0 aliphatic rings. The molecule has 0 saturated carbocycles. The van der Waals surface area contributed by atoms with E-state index in [0.29, 0.717) is 6.54 Å². The molecule has 0 bridgehead atoms. The highest BCUT2D eigenvalue weighted by Gasteiger charge is 2.21. The average molecular weight is 368 g/mol. The minimum atomic E-state index is 0.0581. The van der Waals surface area contributed by atoms with Gasteiger partial charge in [0, 0.05) is 28.3 Å². The number of hydrogen-bond donors (Lipinski definition) is 1. The van der Waals surface area contributed by atoms with Gasteiger partial charge in [0.15, 0.2) is 0 Å². The van der Waals surface area contributed by atoms with Crippen molar-refractivity contribution in [3.8, 4) is 0 Å². The monoisotopic (exact) mass is 366 g/mol. The van der Waals surface area contributed by atoms with Crippen molar-refractivity contribution in [3.63, 3.8) is 0 Å². The van der Waals surface area contributed by atoms with Crippen molar-refractivity contribution in [1.82, 2.24) is 0 Å². The fourth-order valence-electron chi connectivity index (χ4n) is 2.51. The van der Waals surface area contributed by atoms with Crippen molar-refractivity contribution in [2.45, 2.75) is 19.9 Å². The number of nitrogens with zero attached hydrogens (tertiary/aromatic N) is 1. The minimum Gasteiger partial charge on any atom is -0.363 e. The van der Waals surface area contributed by atoms with E-state index in [0.717, 1.165) is 27.3 Å². The van der Waals surface area contributed by atoms with Crippen LogP contribution < -0.4 is 10.6 Å². The molecule has 1 atom stereocenters. The summed E-state index contributed by atoms with van der Waals surface area (Å²) in [6.07, 6.45) is 0. The maximum absolute atomic E-state index is 6.38. The van der Waals surface area contributed by atoms with Gasteiger partial charge in [0.2, 0.25) is 0 Å². The van der Waals surface area contributed by atoms with Gasteiger partial charge in [-0.15, -0.1) is 0 Å². The molecule has 0 heterocycles. The van der Waals surface area contributed by atoms with Crippen LogP contribution in [0, 0.1) is 6.92 Å². The van der Waals surface area contributed by atoms with Crippen LogP contribution in [0.25, 0.3) is 0 Å². The average Bonchev–Trinajstić information content (AvgIpc) is 2.49. The first-order valence-corrected chi connectivity index (χ1v) is 8.22. The Bertz CT molecular complexity index is 598. The van der Waals surface area contributed by atoms with E-state index < -0.39 is 0 Å². The molecule has 0 saturated heterocycles. The normalized spacial score (nSPS) is 12.2. The van der Waals surface area contributed by atoms with Crippen LogP contribution in [0.3, 0.4) is 0 Å². The maximum Gasteiger partial charge on any atom is 0.0679 e. The van der Waals surface area contributed by atoms with Crippen molar-refractivity contribution in [1.29, 1.82) is 0 Å². The lowest BCUT2D eigenvalue weighted by molar-refractivity contribution is 0.643. The first-order valence-electron chi connectivity index (χ1n) is 7.05. The van der Waals surface area contributed by atoms with E-state index in [2.05, 4.69) is 65.0 Å². The summed E-state index contributed by atoms with van der Waals surface area (Å²) < 4.78 is 1.01. The SMILES string of the molecule is CCN(c1ccc(C)cc1)C(CN)c1cc(Br)ccc1Cl. The number of rotatable bonds is 5. The predicted molar refractivity (Wildman–Crippen MR) is 95.1 cm³/mol. The number of nitrogens with two attached hydrogens (primary N) is 1. The lowest BCUT2D eigenvalue weighted by atomic mass is 10.0. The van der Waals surface area contributed by atoms with Gasteiger partial charge in [-0.05, 0) is 49.7 Å². The van der Waals surface area contributed by atoms with E-state index in [1.54, 1.807) is 0 Å². The Morgan fingerprint density at radius 1 is 1.19 bits per heavy atom. The number of benzene rings is 2. The molecule has 2 N–H and O–H groups in total. The molecule has 0 amide bonds. The van der Waals surface area contributed by atoms with E-state index in [-0.39, 0.29) is 6.04 Å². The molecule has 2 rings (SSSR count). The molecular formula is C17H20BrClN2. The Balaban J connectivity index is 2.42. The molecule has 1 unspecified atom stereocenters. The Kier molecular flexibility index (Phi) is 5.68. The van der Waals surface area contributed by atoms with Crippen LogP contribution in [0.4, 0.5) is 5.69 Å². The predicted octanol–water partition coefficient (Wildman–Crippen LogP) is 4.94. The summed E-state index contributed by atoms with van der Waals surface area (Å²) in [6, 6.07) is 14.5. The van der Waals surface area contributed by atoms with E-state index in [1.165, 1.54) is 5.56 Å². The van der Waals surface area contributed by atoms with Gasteiger partial charge in [-0.25, -0.2) is 0 Å². The first-order chi connectivity index (χ1) is 10.1. The molecule has 2 aromatic carbocycles. The molecular weight excluding hydrogens is 348 g/mol. The second kappa shape index (κ2) is 7.30. The van der Waals surface area contributed by atoms with Crippen molar-refractivity contribution < 1.29 is 0 Å². The largest absolute Gasteiger partial charge is 0.363 e. The Morgan fingerprint density at radius 2 is 1.86 bits per heavy atom. The molecule has 0 fully saturated rings. The molecule has 112 valence electrons. The van der Waals surface area contributed by atoms with Gasteiger partial charge in [0.05, 0.1) is 6.04 Å². The maximum atomic E-state index is 6.38.